The number of hydrogen-bond donors (Lipinski definition) is 1. The van der Waals surface area contributed by atoms with E-state index < -0.39 is 0 Å². The lowest BCUT2D eigenvalue weighted by atomic mass is 10.1. The van der Waals surface area contributed by atoms with Gasteiger partial charge in [0.15, 0.2) is 0 Å². The maximum atomic E-state index is 12.8. The predicted octanol–water partition coefficient (Wildman–Crippen LogP) is 0.675. The number of benzene rings is 1. The lowest BCUT2D eigenvalue weighted by Gasteiger charge is -2.20. The molecule has 28 heavy (non-hydrogen) atoms. The summed E-state index contributed by atoms with van der Waals surface area (Å²) >= 11 is 0. The smallest absolute Gasteiger partial charge is 0.253 e. The van der Waals surface area contributed by atoms with Crippen molar-refractivity contribution in [3.63, 3.8) is 0 Å². The van der Waals surface area contributed by atoms with Crippen molar-refractivity contribution in [1.29, 1.82) is 0 Å². The standard InChI is InChI=1S/C20H25N5O3/c26-13-8-18(27)24-9-6-16(14-24)19-22-21-17-7-10-23(11-12-25(17)19)20(28)15-4-2-1-3-5-15/h1-5,16,26H,6-14H2. The van der Waals surface area contributed by atoms with Gasteiger partial charge in [0.1, 0.15) is 11.6 Å². The number of rotatable bonds is 4. The Morgan fingerprint density at radius 2 is 1.86 bits per heavy atom. The summed E-state index contributed by atoms with van der Waals surface area (Å²) in [5.41, 5.74) is 0.703. The third-order valence-corrected chi connectivity index (χ3v) is 5.59. The van der Waals surface area contributed by atoms with Gasteiger partial charge in [-0.25, -0.2) is 0 Å². The lowest BCUT2D eigenvalue weighted by Crippen LogP contribution is -2.33. The second-order valence-electron chi connectivity index (χ2n) is 7.33. The zero-order chi connectivity index (χ0) is 19.5. The number of fused-ring (bicyclic) bond motifs is 1. The molecule has 0 spiro atoms. The highest BCUT2D eigenvalue weighted by atomic mass is 16.3. The fraction of sp³-hybridized carbons (Fsp3) is 0.500. The highest BCUT2D eigenvalue weighted by Crippen LogP contribution is 2.27. The van der Waals surface area contributed by atoms with Crippen LogP contribution in [0.3, 0.4) is 0 Å². The first-order valence-corrected chi connectivity index (χ1v) is 9.82. The van der Waals surface area contributed by atoms with Gasteiger partial charge in [-0.3, -0.25) is 9.59 Å². The molecule has 1 aromatic carbocycles. The van der Waals surface area contributed by atoms with E-state index in [1.54, 1.807) is 4.90 Å². The summed E-state index contributed by atoms with van der Waals surface area (Å²) in [5, 5.41) is 17.8. The Hall–Kier alpha value is -2.74. The van der Waals surface area contributed by atoms with E-state index in [1.807, 2.05) is 35.2 Å². The number of aliphatic hydroxyl groups is 1. The average Bonchev–Trinajstić information content (AvgIpc) is 3.31. The number of aliphatic hydroxyl groups excluding tert-OH is 1. The van der Waals surface area contributed by atoms with Crippen LogP contribution in [-0.2, 0) is 17.8 Å². The molecule has 1 aromatic heterocycles. The van der Waals surface area contributed by atoms with Crippen molar-refractivity contribution < 1.29 is 14.7 Å². The summed E-state index contributed by atoms with van der Waals surface area (Å²) in [4.78, 5) is 28.5. The second-order valence-corrected chi connectivity index (χ2v) is 7.33. The molecule has 1 N–H and O–H groups in total. The molecule has 3 heterocycles. The number of carbonyl (C=O) groups excluding carboxylic acids is 2. The summed E-state index contributed by atoms with van der Waals surface area (Å²) in [6.07, 6.45) is 1.69. The lowest BCUT2D eigenvalue weighted by molar-refractivity contribution is -0.130. The van der Waals surface area contributed by atoms with Gasteiger partial charge < -0.3 is 19.5 Å². The quantitative estimate of drug-likeness (QED) is 0.838. The zero-order valence-electron chi connectivity index (χ0n) is 15.8. The first-order chi connectivity index (χ1) is 13.7. The van der Waals surface area contributed by atoms with Crippen LogP contribution in [0.4, 0.5) is 0 Å². The van der Waals surface area contributed by atoms with E-state index >= 15 is 0 Å². The minimum Gasteiger partial charge on any atom is -0.396 e. The summed E-state index contributed by atoms with van der Waals surface area (Å²) < 4.78 is 2.13. The van der Waals surface area contributed by atoms with Crippen molar-refractivity contribution in [2.75, 3.05) is 32.8 Å². The molecule has 1 saturated heterocycles. The van der Waals surface area contributed by atoms with Gasteiger partial charge in [0.05, 0.1) is 6.61 Å². The number of amides is 2. The SMILES string of the molecule is O=C(CCO)N1CCC(c2nnc3n2CCN(C(=O)c2ccccc2)CC3)C1. The molecule has 0 bridgehead atoms. The van der Waals surface area contributed by atoms with Gasteiger partial charge in [0.2, 0.25) is 5.91 Å². The van der Waals surface area contributed by atoms with Crippen LogP contribution in [-0.4, -0.2) is 74.3 Å². The highest BCUT2D eigenvalue weighted by molar-refractivity contribution is 5.94. The molecule has 4 rings (SSSR count). The van der Waals surface area contributed by atoms with Crippen LogP contribution in [0.1, 0.15) is 40.8 Å². The van der Waals surface area contributed by atoms with Gasteiger partial charge >= 0.3 is 0 Å². The Morgan fingerprint density at radius 3 is 2.64 bits per heavy atom. The maximum Gasteiger partial charge on any atom is 0.253 e. The van der Waals surface area contributed by atoms with Crippen LogP contribution in [0.5, 0.6) is 0 Å². The average molecular weight is 383 g/mol. The molecule has 0 radical (unpaired) electrons. The summed E-state index contributed by atoms with van der Waals surface area (Å²) in [7, 11) is 0. The van der Waals surface area contributed by atoms with E-state index in [4.69, 9.17) is 5.11 Å². The van der Waals surface area contributed by atoms with Gasteiger partial charge in [0, 0.05) is 57.0 Å². The third-order valence-electron chi connectivity index (χ3n) is 5.59. The molecule has 2 amide bonds. The normalized spacial score (nSPS) is 19.4. The zero-order valence-corrected chi connectivity index (χ0v) is 15.8. The van der Waals surface area contributed by atoms with Crippen LogP contribution in [0.15, 0.2) is 30.3 Å². The minimum atomic E-state index is -0.119. The van der Waals surface area contributed by atoms with Crippen LogP contribution < -0.4 is 0 Å². The minimum absolute atomic E-state index is 0.0137. The van der Waals surface area contributed by atoms with E-state index in [2.05, 4.69) is 14.8 Å². The van der Waals surface area contributed by atoms with Crippen molar-refractivity contribution in [3.8, 4) is 0 Å². The molecule has 8 nitrogen and oxygen atoms in total. The molecule has 2 aromatic rings. The molecule has 1 fully saturated rings. The third kappa shape index (κ3) is 3.64. The van der Waals surface area contributed by atoms with Crippen molar-refractivity contribution in [1.82, 2.24) is 24.6 Å². The Bertz CT molecular complexity index is 851. The number of likely N-dealkylation sites (tertiary alicyclic amines) is 1. The van der Waals surface area contributed by atoms with Crippen LogP contribution in [0.2, 0.25) is 0 Å². The Kier molecular flexibility index (Phi) is 5.38. The van der Waals surface area contributed by atoms with Crippen molar-refractivity contribution in [3.05, 3.63) is 47.5 Å². The van der Waals surface area contributed by atoms with Gasteiger partial charge in [0.25, 0.3) is 5.91 Å². The van der Waals surface area contributed by atoms with Crippen LogP contribution in [0.25, 0.3) is 0 Å². The van der Waals surface area contributed by atoms with Crippen LogP contribution >= 0.6 is 0 Å². The van der Waals surface area contributed by atoms with Gasteiger partial charge in [-0.1, -0.05) is 18.2 Å². The molecular weight excluding hydrogens is 358 g/mol. The molecule has 1 unspecified atom stereocenters. The van der Waals surface area contributed by atoms with E-state index in [-0.39, 0.29) is 30.8 Å². The van der Waals surface area contributed by atoms with Gasteiger partial charge in [-0.2, -0.15) is 0 Å². The first kappa shape index (κ1) is 18.6. The number of nitrogens with zero attached hydrogens (tertiary/aromatic N) is 5. The predicted molar refractivity (Wildman–Crippen MR) is 102 cm³/mol. The second kappa shape index (κ2) is 8.10. The Morgan fingerprint density at radius 1 is 1.04 bits per heavy atom. The fourth-order valence-corrected chi connectivity index (χ4v) is 4.06. The Labute approximate surface area is 163 Å². The molecule has 2 aliphatic rings. The maximum absolute atomic E-state index is 12.8. The van der Waals surface area contributed by atoms with E-state index in [9.17, 15) is 9.59 Å². The summed E-state index contributed by atoms with van der Waals surface area (Å²) in [5.74, 6) is 1.99. The largest absolute Gasteiger partial charge is 0.396 e. The monoisotopic (exact) mass is 383 g/mol. The topological polar surface area (TPSA) is 91.6 Å². The van der Waals surface area contributed by atoms with Gasteiger partial charge in [-0.15, -0.1) is 10.2 Å². The highest BCUT2D eigenvalue weighted by Gasteiger charge is 2.32. The van der Waals surface area contributed by atoms with E-state index in [0.29, 0.717) is 44.7 Å². The molecule has 0 saturated carbocycles. The Balaban J connectivity index is 1.44. The first-order valence-electron chi connectivity index (χ1n) is 9.82. The van der Waals surface area contributed by atoms with Crippen molar-refractivity contribution >= 4 is 11.8 Å². The molecule has 0 aliphatic carbocycles. The van der Waals surface area contributed by atoms with E-state index in [1.165, 1.54) is 0 Å². The summed E-state index contributed by atoms with van der Waals surface area (Å²) in [6, 6.07) is 9.34. The number of aromatic nitrogens is 3. The molecule has 2 aliphatic heterocycles. The van der Waals surface area contributed by atoms with Gasteiger partial charge in [-0.05, 0) is 18.6 Å². The molecule has 1 atom stereocenters. The van der Waals surface area contributed by atoms with E-state index in [0.717, 1.165) is 18.1 Å². The number of carbonyl (C=O) groups is 2. The van der Waals surface area contributed by atoms with Crippen molar-refractivity contribution in [2.45, 2.75) is 31.7 Å². The van der Waals surface area contributed by atoms with Crippen LogP contribution in [0, 0.1) is 0 Å². The number of hydrogen-bond acceptors (Lipinski definition) is 5. The molecule has 8 heteroatoms. The molecular formula is C20H25N5O3. The summed E-state index contributed by atoms with van der Waals surface area (Å²) in [6.45, 7) is 3.08. The fourth-order valence-electron chi connectivity index (χ4n) is 4.06. The molecule has 148 valence electrons. The van der Waals surface area contributed by atoms with Crippen molar-refractivity contribution in [2.24, 2.45) is 0 Å².